The van der Waals surface area contributed by atoms with Crippen LogP contribution in [-0.2, 0) is 0 Å². The molecule has 0 rings (SSSR count). The van der Waals surface area contributed by atoms with Gasteiger partial charge in [-0.2, -0.15) is 0 Å². The molecule has 0 atom stereocenters. The molecule has 44 valence electrons. The van der Waals surface area contributed by atoms with Crippen LogP contribution in [0.15, 0.2) is 0 Å². The minimum Gasteiger partial charge on any atom is -0.305 e. The molecule has 0 aromatic heterocycles. The smallest absolute Gasteiger partial charge is 0.305 e. The molecule has 0 bridgehead atoms. The standard InChI is InChI=1S/C4H12FNSi/c1-6(2)7(3,4)5/h1-4H3. The Hall–Kier alpha value is 0.107. The molecule has 0 heterocycles. The van der Waals surface area contributed by atoms with Gasteiger partial charge >= 0.3 is 8.57 Å². The van der Waals surface area contributed by atoms with E-state index in [4.69, 9.17) is 0 Å². The predicted octanol–water partition coefficient (Wildman–Crippen LogP) is 1.22. The molecule has 0 aliphatic carbocycles. The van der Waals surface area contributed by atoms with E-state index >= 15 is 0 Å². The third-order valence-corrected chi connectivity index (χ3v) is 3.19. The van der Waals surface area contributed by atoms with E-state index in [0.717, 1.165) is 0 Å². The molecule has 0 amide bonds. The van der Waals surface area contributed by atoms with Gasteiger partial charge in [-0.05, 0) is 27.2 Å². The van der Waals surface area contributed by atoms with Crippen LogP contribution in [0.2, 0.25) is 13.1 Å². The fourth-order valence-electron chi connectivity index (χ4n) is 0. The third-order valence-electron chi connectivity index (χ3n) is 1.06. The molecule has 0 aromatic carbocycles. The van der Waals surface area contributed by atoms with Crippen molar-refractivity contribution >= 4 is 8.57 Å². The molecule has 7 heavy (non-hydrogen) atoms. The van der Waals surface area contributed by atoms with E-state index in [1.807, 2.05) is 0 Å². The number of hydrogen-bond acceptors (Lipinski definition) is 1. The Morgan fingerprint density at radius 1 is 1.29 bits per heavy atom. The van der Waals surface area contributed by atoms with Gasteiger partial charge < -0.3 is 4.57 Å². The van der Waals surface area contributed by atoms with E-state index in [-0.39, 0.29) is 0 Å². The quantitative estimate of drug-likeness (QED) is 0.372. The van der Waals surface area contributed by atoms with Crippen molar-refractivity contribution in [2.75, 3.05) is 14.1 Å². The van der Waals surface area contributed by atoms with Crippen molar-refractivity contribution in [3.05, 3.63) is 0 Å². The number of hydrogen-bond donors (Lipinski definition) is 0. The van der Waals surface area contributed by atoms with Crippen LogP contribution in [0.25, 0.3) is 0 Å². The minimum atomic E-state index is -2.40. The fourth-order valence-corrected chi connectivity index (χ4v) is 0. The summed E-state index contributed by atoms with van der Waals surface area (Å²) in [6.45, 7) is 3.32. The van der Waals surface area contributed by atoms with Crippen molar-refractivity contribution in [1.29, 1.82) is 0 Å². The van der Waals surface area contributed by atoms with Crippen molar-refractivity contribution in [3.8, 4) is 0 Å². The predicted molar refractivity (Wildman–Crippen MR) is 32.3 cm³/mol. The lowest BCUT2D eigenvalue weighted by atomic mass is 11.3. The largest absolute Gasteiger partial charge is 0.315 e. The number of rotatable bonds is 1. The van der Waals surface area contributed by atoms with Gasteiger partial charge in [0.1, 0.15) is 0 Å². The fraction of sp³-hybridized carbons (Fsp3) is 1.00. The van der Waals surface area contributed by atoms with Crippen molar-refractivity contribution in [1.82, 2.24) is 4.57 Å². The summed E-state index contributed by atoms with van der Waals surface area (Å²) in [7, 11) is 1.14. The van der Waals surface area contributed by atoms with Crippen LogP contribution in [0.5, 0.6) is 0 Å². The zero-order chi connectivity index (χ0) is 6.08. The second-order valence-electron chi connectivity index (χ2n) is 2.30. The van der Waals surface area contributed by atoms with Gasteiger partial charge in [0.2, 0.25) is 0 Å². The van der Waals surface area contributed by atoms with Gasteiger partial charge in [-0.3, -0.25) is 4.11 Å². The Bertz CT molecular complexity index is 57.2. The zero-order valence-corrected chi connectivity index (χ0v) is 6.33. The molecule has 0 saturated carbocycles. The summed E-state index contributed by atoms with van der Waals surface area (Å²) in [5, 5.41) is 0. The van der Waals surface area contributed by atoms with Crippen LogP contribution < -0.4 is 0 Å². The second-order valence-corrected chi connectivity index (χ2v) is 6.02. The maximum Gasteiger partial charge on any atom is 0.315 e. The molecular formula is C4H12FNSi. The van der Waals surface area contributed by atoms with Crippen LogP contribution in [0.1, 0.15) is 0 Å². The maximum absolute atomic E-state index is 12.6. The van der Waals surface area contributed by atoms with Gasteiger partial charge in [0.15, 0.2) is 0 Å². The molecule has 0 unspecified atom stereocenters. The first-order chi connectivity index (χ1) is 2.94. The second kappa shape index (κ2) is 1.92. The highest BCUT2D eigenvalue weighted by molar-refractivity contribution is 6.67. The molecule has 0 aliphatic rings. The van der Waals surface area contributed by atoms with Gasteiger partial charge in [-0.25, -0.2) is 0 Å². The van der Waals surface area contributed by atoms with Crippen LogP contribution in [-0.4, -0.2) is 27.2 Å². The average Bonchev–Trinajstić information content (AvgIpc) is 1.31. The van der Waals surface area contributed by atoms with E-state index in [0.29, 0.717) is 0 Å². The molecule has 0 radical (unpaired) electrons. The highest BCUT2D eigenvalue weighted by atomic mass is 28.4. The number of halogens is 1. The minimum absolute atomic E-state index is 1.66. The monoisotopic (exact) mass is 121 g/mol. The summed E-state index contributed by atoms with van der Waals surface area (Å²) < 4.78 is 14.2. The van der Waals surface area contributed by atoms with E-state index in [9.17, 15) is 4.11 Å². The maximum atomic E-state index is 12.6. The molecular weight excluding hydrogens is 109 g/mol. The topological polar surface area (TPSA) is 3.24 Å². The molecule has 0 aliphatic heterocycles. The van der Waals surface area contributed by atoms with E-state index in [2.05, 4.69) is 0 Å². The Labute approximate surface area is 45.4 Å². The van der Waals surface area contributed by atoms with Crippen LogP contribution in [0.4, 0.5) is 4.11 Å². The highest BCUT2D eigenvalue weighted by Crippen LogP contribution is 2.03. The summed E-state index contributed by atoms with van der Waals surface area (Å²) >= 11 is 0. The van der Waals surface area contributed by atoms with E-state index < -0.39 is 8.57 Å². The number of nitrogens with zero attached hydrogens (tertiary/aromatic N) is 1. The van der Waals surface area contributed by atoms with Crippen LogP contribution in [0.3, 0.4) is 0 Å². The average molecular weight is 121 g/mol. The summed E-state index contributed by atoms with van der Waals surface area (Å²) in [5.41, 5.74) is 0. The van der Waals surface area contributed by atoms with Crippen molar-refractivity contribution in [2.24, 2.45) is 0 Å². The Kier molecular flexibility index (Phi) is 1.95. The SMILES string of the molecule is CN(C)[Si](C)(C)F. The van der Waals surface area contributed by atoms with Gasteiger partial charge in [-0.15, -0.1) is 0 Å². The van der Waals surface area contributed by atoms with E-state index in [1.54, 1.807) is 31.8 Å². The Morgan fingerprint density at radius 2 is 1.43 bits per heavy atom. The first-order valence-electron chi connectivity index (χ1n) is 2.31. The Morgan fingerprint density at radius 3 is 1.43 bits per heavy atom. The summed E-state index contributed by atoms with van der Waals surface area (Å²) in [4.78, 5) is 0. The van der Waals surface area contributed by atoms with Gasteiger partial charge in [0, 0.05) is 0 Å². The molecule has 0 fully saturated rings. The summed E-state index contributed by atoms with van der Waals surface area (Å²) in [5.74, 6) is 0. The molecule has 0 spiro atoms. The first-order valence-corrected chi connectivity index (χ1v) is 5.13. The van der Waals surface area contributed by atoms with Gasteiger partial charge in [0.05, 0.1) is 0 Å². The van der Waals surface area contributed by atoms with Gasteiger partial charge in [0.25, 0.3) is 0 Å². The lowest BCUT2D eigenvalue weighted by molar-refractivity contribution is 0.540. The van der Waals surface area contributed by atoms with Crippen LogP contribution >= 0.6 is 0 Å². The Balaban J connectivity index is 3.54. The third kappa shape index (κ3) is 2.76. The molecule has 0 aromatic rings. The van der Waals surface area contributed by atoms with Crippen LogP contribution in [0, 0.1) is 0 Å². The molecule has 0 N–H and O–H groups in total. The normalized spacial score (nSPS) is 12.9. The lowest BCUT2D eigenvalue weighted by Gasteiger charge is -2.18. The highest BCUT2D eigenvalue weighted by Gasteiger charge is 2.22. The molecule has 3 heteroatoms. The summed E-state index contributed by atoms with van der Waals surface area (Å²) in [6.07, 6.45) is 0. The molecule has 0 saturated heterocycles. The lowest BCUT2D eigenvalue weighted by Crippen LogP contribution is -2.38. The first kappa shape index (κ1) is 7.11. The van der Waals surface area contributed by atoms with Crippen molar-refractivity contribution in [3.63, 3.8) is 0 Å². The molecule has 1 nitrogen and oxygen atoms in total. The summed E-state index contributed by atoms with van der Waals surface area (Å²) in [6, 6.07) is 0. The van der Waals surface area contributed by atoms with Gasteiger partial charge in [-0.1, -0.05) is 0 Å². The van der Waals surface area contributed by atoms with Crippen molar-refractivity contribution in [2.45, 2.75) is 13.1 Å². The van der Waals surface area contributed by atoms with Crippen molar-refractivity contribution < 1.29 is 4.11 Å². The van der Waals surface area contributed by atoms with E-state index in [1.165, 1.54) is 0 Å². The zero-order valence-electron chi connectivity index (χ0n) is 5.33.